The minimum absolute atomic E-state index is 0.0653. The maximum Gasteiger partial charge on any atom is 0.243 e. The Morgan fingerprint density at radius 3 is 2.24 bits per heavy atom. The first-order valence-corrected chi connectivity index (χ1v) is 14.4. The number of amides is 1. The van der Waals surface area contributed by atoms with Crippen LogP contribution in [0.3, 0.4) is 0 Å². The molecule has 0 spiro atoms. The van der Waals surface area contributed by atoms with Crippen LogP contribution in [0.1, 0.15) is 76.7 Å². The molecule has 3 fully saturated rings. The summed E-state index contributed by atoms with van der Waals surface area (Å²) >= 11 is 0. The van der Waals surface area contributed by atoms with Crippen LogP contribution in [0.25, 0.3) is 0 Å². The maximum atomic E-state index is 13.2. The van der Waals surface area contributed by atoms with E-state index in [9.17, 15) is 13.2 Å². The van der Waals surface area contributed by atoms with Crippen molar-refractivity contribution in [3.05, 3.63) is 29.8 Å². The van der Waals surface area contributed by atoms with Crippen molar-refractivity contribution in [2.45, 2.75) is 82.1 Å². The van der Waals surface area contributed by atoms with E-state index in [0.717, 1.165) is 6.42 Å². The van der Waals surface area contributed by atoms with E-state index in [1.54, 1.807) is 16.4 Å². The van der Waals surface area contributed by atoms with Gasteiger partial charge in [0, 0.05) is 32.2 Å². The van der Waals surface area contributed by atoms with Crippen LogP contribution >= 0.6 is 0 Å². The molecular weight excluding hydrogens is 434 g/mol. The Morgan fingerprint density at radius 2 is 1.58 bits per heavy atom. The summed E-state index contributed by atoms with van der Waals surface area (Å²) in [6.07, 6.45) is 9.75. The van der Waals surface area contributed by atoms with Gasteiger partial charge in [0.2, 0.25) is 15.9 Å². The zero-order valence-corrected chi connectivity index (χ0v) is 21.2. The monoisotopic (exact) mass is 475 g/mol. The van der Waals surface area contributed by atoms with Gasteiger partial charge in [-0.1, -0.05) is 58.1 Å². The summed E-state index contributed by atoms with van der Waals surface area (Å²) < 4.78 is 27.9. The van der Waals surface area contributed by atoms with Crippen LogP contribution in [0.15, 0.2) is 29.2 Å². The fraction of sp³-hybridized carbons (Fsp3) is 0.731. The van der Waals surface area contributed by atoms with Gasteiger partial charge < -0.3 is 5.32 Å². The molecule has 1 amide bonds. The van der Waals surface area contributed by atoms with Crippen LogP contribution < -0.4 is 5.32 Å². The van der Waals surface area contributed by atoms with Crippen LogP contribution in [0.5, 0.6) is 0 Å². The van der Waals surface area contributed by atoms with E-state index >= 15 is 0 Å². The van der Waals surface area contributed by atoms with Gasteiger partial charge in [0.1, 0.15) is 0 Å². The summed E-state index contributed by atoms with van der Waals surface area (Å²) in [4.78, 5) is 15.1. The number of piperazine rings is 1. The molecule has 1 aromatic rings. The summed E-state index contributed by atoms with van der Waals surface area (Å²) in [5, 5.41) is 3.23. The highest BCUT2D eigenvalue weighted by atomic mass is 32.2. The molecule has 0 radical (unpaired) electrons. The first-order chi connectivity index (χ1) is 15.8. The van der Waals surface area contributed by atoms with Gasteiger partial charge in [-0.15, -0.1) is 0 Å². The first kappa shape index (κ1) is 24.7. The number of nitrogens with one attached hydrogen (secondary N) is 1. The standard InChI is InChI=1S/C26H41N3O3S/c1-20-7-6-10-25(21(20)2)27-26(30)19-28-15-17-29(18-16-28)33(31,32)24-13-11-23(12-14-24)22-8-4-3-5-9-22/h11-14,20-22,25H,3-10,15-19H2,1-2H3,(H,27,30)/t20-,21-,25-/m1/s1. The van der Waals surface area contributed by atoms with E-state index in [-0.39, 0.29) is 11.9 Å². The van der Waals surface area contributed by atoms with Crippen molar-refractivity contribution in [1.29, 1.82) is 0 Å². The highest BCUT2D eigenvalue weighted by Crippen LogP contribution is 2.33. The zero-order valence-electron chi connectivity index (χ0n) is 20.3. The van der Waals surface area contributed by atoms with Crippen molar-refractivity contribution in [3.63, 3.8) is 0 Å². The van der Waals surface area contributed by atoms with Crippen molar-refractivity contribution in [2.24, 2.45) is 11.8 Å². The second-order valence-electron chi connectivity index (χ2n) is 10.5. The number of benzene rings is 1. The van der Waals surface area contributed by atoms with Gasteiger partial charge in [0.15, 0.2) is 0 Å². The number of rotatable bonds is 6. The Labute approximate surface area is 200 Å². The minimum Gasteiger partial charge on any atom is -0.352 e. The molecule has 184 valence electrons. The molecule has 0 bridgehead atoms. The van der Waals surface area contributed by atoms with E-state index in [4.69, 9.17) is 0 Å². The lowest BCUT2D eigenvalue weighted by atomic mass is 9.78. The molecule has 1 aliphatic heterocycles. The Bertz CT molecular complexity index is 888. The van der Waals surface area contributed by atoms with Gasteiger partial charge in [0.25, 0.3) is 0 Å². The molecule has 3 atom stereocenters. The molecule has 0 aromatic heterocycles. The van der Waals surface area contributed by atoms with Crippen molar-refractivity contribution in [3.8, 4) is 0 Å². The van der Waals surface area contributed by atoms with E-state index in [0.29, 0.717) is 55.4 Å². The third-order valence-electron chi connectivity index (χ3n) is 8.35. The molecule has 2 saturated carbocycles. The van der Waals surface area contributed by atoms with Gasteiger partial charge in [-0.2, -0.15) is 4.31 Å². The number of hydrogen-bond donors (Lipinski definition) is 1. The third-order valence-corrected chi connectivity index (χ3v) is 10.3. The quantitative estimate of drug-likeness (QED) is 0.676. The van der Waals surface area contributed by atoms with Crippen molar-refractivity contribution in [1.82, 2.24) is 14.5 Å². The molecule has 6 nitrogen and oxygen atoms in total. The molecule has 1 saturated heterocycles. The lowest BCUT2D eigenvalue weighted by Crippen LogP contribution is -2.52. The Morgan fingerprint density at radius 1 is 0.909 bits per heavy atom. The normalized spacial score (nSPS) is 28.5. The average Bonchev–Trinajstić information content (AvgIpc) is 2.83. The van der Waals surface area contributed by atoms with Crippen LogP contribution in [0.4, 0.5) is 0 Å². The lowest BCUT2D eigenvalue weighted by molar-refractivity contribution is -0.124. The van der Waals surface area contributed by atoms with Crippen LogP contribution in [-0.4, -0.2) is 62.3 Å². The fourth-order valence-electron chi connectivity index (χ4n) is 5.87. The molecule has 4 rings (SSSR count). The molecule has 1 N–H and O–H groups in total. The fourth-order valence-corrected chi connectivity index (χ4v) is 7.29. The Balaban J connectivity index is 1.27. The molecular formula is C26H41N3O3S. The predicted molar refractivity (Wildman–Crippen MR) is 132 cm³/mol. The van der Waals surface area contributed by atoms with E-state index in [1.807, 2.05) is 12.1 Å². The molecule has 3 aliphatic rings. The highest BCUT2D eigenvalue weighted by Gasteiger charge is 2.31. The van der Waals surface area contributed by atoms with Crippen molar-refractivity contribution < 1.29 is 13.2 Å². The largest absolute Gasteiger partial charge is 0.352 e. The Hall–Kier alpha value is -1.44. The second-order valence-corrected chi connectivity index (χ2v) is 12.5. The molecule has 2 aliphatic carbocycles. The number of carbonyl (C=O) groups excluding carboxylic acids is 1. The first-order valence-electron chi connectivity index (χ1n) is 13.0. The van der Waals surface area contributed by atoms with E-state index < -0.39 is 10.0 Å². The topological polar surface area (TPSA) is 69.7 Å². The molecule has 7 heteroatoms. The van der Waals surface area contributed by atoms with E-state index in [1.165, 1.54) is 50.5 Å². The predicted octanol–water partition coefficient (Wildman–Crippen LogP) is 3.98. The van der Waals surface area contributed by atoms with E-state index in [2.05, 4.69) is 24.1 Å². The maximum absolute atomic E-state index is 13.2. The number of carbonyl (C=O) groups is 1. The zero-order chi connectivity index (χ0) is 23.4. The molecule has 0 unspecified atom stereocenters. The molecule has 1 heterocycles. The number of nitrogens with zero attached hydrogens (tertiary/aromatic N) is 2. The van der Waals surface area contributed by atoms with Gasteiger partial charge in [-0.25, -0.2) is 8.42 Å². The van der Waals surface area contributed by atoms with Crippen molar-refractivity contribution in [2.75, 3.05) is 32.7 Å². The lowest BCUT2D eigenvalue weighted by Gasteiger charge is -2.36. The van der Waals surface area contributed by atoms with Crippen molar-refractivity contribution >= 4 is 15.9 Å². The smallest absolute Gasteiger partial charge is 0.243 e. The number of sulfonamides is 1. The van der Waals surface area contributed by atoms with Gasteiger partial charge in [-0.05, 0) is 54.7 Å². The number of hydrogen-bond acceptors (Lipinski definition) is 4. The summed E-state index contributed by atoms with van der Waals surface area (Å²) in [5.41, 5.74) is 1.27. The second kappa shape index (κ2) is 10.9. The van der Waals surface area contributed by atoms with Gasteiger partial charge >= 0.3 is 0 Å². The minimum atomic E-state index is -3.49. The molecule has 33 heavy (non-hydrogen) atoms. The average molecular weight is 476 g/mol. The summed E-state index contributed by atoms with van der Waals surface area (Å²) in [5.74, 6) is 1.80. The van der Waals surface area contributed by atoms with Gasteiger partial charge in [-0.3, -0.25) is 9.69 Å². The van der Waals surface area contributed by atoms with Crippen LogP contribution in [0.2, 0.25) is 0 Å². The van der Waals surface area contributed by atoms with Crippen LogP contribution in [0, 0.1) is 11.8 Å². The Kier molecular flexibility index (Phi) is 8.13. The SMILES string of the molecule is C[C@@H]1[C@H](C)CCC[C@H]1NC(=O)CN1CCN(S(=O)(=O)c2ccc(C3CCCCC3)cc2)CC1. The molecule has 1 aromatic carbocycles. The highest BCUT2D eigenvalue weighted by molar-refractivity contribution is 7.89. The van der Waals surface area contributed by atoms with Gasteiger partial charge in [0.05, 0.1) is 11.4 Å². The summed E-state index contributed by atoms with van der Waals surface area (Å²) in [6.45, 7) is 6.88. The van der Waals surface area contributed by atoms with Crippen LogP contribution in [-0.2, 0) is 14.8 Å². The summed E-state index contributed by atoms with van der Waals surface area (Å²) in [6, 6.07) is 7.85. The summed E-state index contributed by atoms with van der Waals surface area (Å²) in [7, 11) is -3.49. The third kappa shape index (κ3) is 5.98.